The molecule has 0 amide bonds. The zero-order valence-corrected chi connectivity index (χ0v) is 14.4. The Morgan fingerprint density at radius 3 is 3.25 bits per heavy atom. The fourth-order valence-corrected chi connectivity index (χ4v) is 2.75. The highest BCUT2D eigenvalue weighted by Gasteiger charge is 2.21. The van der Waals surface area contributed by atoms with Crippen molar-refractivity contribution in [2.45, 2.75) is 58.2 Å². The fraction of sp³-hybridized carbons (Fsp3) is 0.588. The van der Waals surface area contributed by atoms with E-state index in [1.165, 1.54) is 0 Å². The topological polar surface area (TPSA) is 80.3 Å². The van der Waals surface area contributed by atoms with Gasteiger partial charge in [0.05, 0.1) is 12.8 Å². The van der Waals surface area contributed by atoms with Crippen LogP contribution in [0.25, 0.3) is 0 Å². The number of fused-ring (bicyclic) bond motifs is 1. The summed E-state index contributed by atoms with van der Waals surface area (Å²) in [6.07, 6.45) is 7.18. The van der Waals surface area contributed by atoms with Crippen LogP contribution in [0.1, 0.15) is 38.3 Å². The van der Waals surface area contributed by atoms with E-state index in [1.54, 1.807) is 12.6 Å². The van der Waals surface area contributed by atoms with Crippen LogP contribution >= 0.6 is 0 Å². The van der Waals surface area contributed by atoms with Crippen molar-refractivity contribution in [2.24, 2.45) is 4.99 Å². The largest absolute Gasteiger partial charge is 0.469 e. The van der Waals surface area contributed by atoms with E-state index in [1.807, 2.05) is 16.8 Å². The van der Waals surface area contributed by atoms with Crippen LogP contribution in [0.5, 0.6) is 0 Å². The molecule has 2 N–H and O–H groups in total. The van der Waals surface area contributed by atoms with Gasteiger partial charge in [0.2, 0.25) is 0 Å². The molecule has 2 unspecified atom stereocenters. The van der Waals surface area contributed by atoms with E-state index in [0.29, 0.717) is 18.6 Å². The number of aromatic nitrogens is 3. The summed E-state index contributed by atoms with van der Waals surface area (Å²) < 4.78 is 7.35. The van der Waals surface area contributed by atoms with E-state index in [-0.39, 0.29) is 0 Å². The van der Waals surface area contributed by atoms with Crippen molar-refractivity contribution in [2.75, 3.05) is 6.54 Å². The Bertz CT molecular complexity index is 648. The van der Waals surface area contributed by atoms with Gasteiger partial charge in [0.15, 0.2) is 5.96 Å². The lowest BCUT2D eigenvalue weighted by molar-refractivity contribution is 0.391. The Morgan fingerprint density at radius 1 is 1.54 bits per heavy atom. The fourth-order valence-electron chi connectivity index (χ4n) is 2.75. The molecule has 7 heteroatoms. The molecule has 3 rings (SSSR count). The molecule has 2 atom stereocenters. The number of aliphatic imine (C=N–C) groups is 1. The molecule has 130 valence electrons. The van der Waals surface area contributed by atoms with Crippen molar-refractivity contribution in [1.82, 2.24) is 25.4 Å². The van der Waals surface area contributed by atoms with Gasteiger partial charge in [-0.2, -0.15) is 5.10 Å². The second-order valence-electron chi connectivity index (χ2n) is 6.25. The smallest absolute Gasteiger partial charge is 0.191 e. The zero-order chi connectivity index (χ0) is 16.8. The van der Waals surface area contributed by atoms with Gasteiger partial charge in [-0.25, -0.2) is 9.67 Å². The summed E-state index contributed by atoms with van der Waals surface area (Å²) in [5.74, 6) is 2.90. The monoisotopic (exact) mass is 330 g/mol. The molecule has 2 aromatic rings. The number of guanidine groups is 1. The number of aryl methyl sites for hydroxylation is 1. The standard InChI is InChI=1S/C17H26N6O/c1-3-13(2)21-17(18-9-8-15-5-4-10-24-15)22-14-6-7-16-19-12-20-23(16)11-14/h4-5,10,12-14H,3,6-9,11H2,1-2H3,(H2,18,21,22). The molecular formula is C17H26N6O. The van der Waals surface area contributed by atoms with Gasteiger partial charge in [-0.05, 0) is 31.9 Å². The highest BCUT2D eigenvalue weighted by atomic mass is 16.3. The highest BCUT2D eigenvalue weighted by Crippen LogP contribution is 2.11. The molecule has 0 aliphatic carbocycles. The number of nitrogens with zero attached hydrogens (tertiary/aromatic N) is 4. The third kappa shape index (κ3) is 4.37. The normalized spacial score (nSPS) is 18.9. The third-order valence-corrected chi connectivity index (χ3v) is 4.35. The average molecular weight is 330 g/mol. The first kappa shape index (κ1) is 16.5. The maximum Gasteiger partial charge on any atom is 0.191 e. The van der Waals surface area contributed by atoms with E-state index < -0.39 is 0 Å². The third-order valence-electron chi connectivity index (χ3n) is 4.35. The molecule has 0 saturated heterocycles. The van der Waals surface area contributed by atoms with Crippen LogP contribution in [0.4, 0.5) is 0 Å². The van der Waals surface area contributed by atoms with E-state index in [2.05, 4.69) is 34.6 Å². The summed E-state index contributed by atoms with van der Waals surface area (Å²) in [6.45, 7) is 5.86. The minimum absolute atomic E-state index is 0.318. The molecule has 0 spiro atoms. The molecule has 0 saturated carbocycles. The van der Waals surface area contributed by atoms with Gasteiger partial charge in [-0.3, -0.25) is 4.99 Å². The van der Waals surface area contributed by atoms with Crippen LogP contribution in [0, 0.1) is 0 Å². The predicted octanol–water partition coefficient (Wildman–Crippen LogP) is 1.76. The molecule has 0 radical (unpaired) electrons. The summed E-state index contributed by atoms with van der Waals surface area (Å²) in [6, 6.07) is 4.59. The summed E-state index contributed by atoms with van der Waals surface area (Å²) in [5.41, 5.74) is 0. The van der Waals surface area contributed by atoms with Crippen LogP contribution < -0.4 is 10.6 Å². The molecule has 2 aromatic heterocycles. The number of furan rings is 1. The van der Waals surface area contributed by atoms with Crippen molar-refractivity contribution in [3.63, 3.8) is 0 Å². The molecule has 1 aliphatic rings. The van der Waals surface area contributed by atoms with E-state index in [9.17, 15) is 0 Å². The lowest BCUT2D eigenvalue weighted by Gasteiger charge is -2.26. The van der Waals surface area contributed by atoms with Crippen molar-refractivity contribution >= 4 is 5.96 Å². The van der Waals surface area contributed by atoms with E-state index in [0.717, 1.165) is 49.8 Å². The maximum absolute atomic E-state index is 5.37. The van der Waals surface area contributed by atoms with Gasteiger partial charge in [0.1, 0.15) is 17.9 Å². The lowest BCUT2D eigenvalue weighted by atomic mass is 10.1. The van der Waals surface area contributed by atoms with Gasteiger partial charge in [0, 0.05) is 31.5 Å². The molecule has 3 heterocycles. The lowest BCUT2D eigenvalue weighted by Crippen LogP contribution is -2.49. The quantitative estimate of drug-likeness (QED) is 0.623. The van der Waals surface area contributed by atoms with E-state index in [4.69, 9.17) is 9.41 Å². The molecule has 7 nitrogen and oxygen atoms in total. The average Bonchev–Trinajstić information content (AvgIpc) is 3.25. The van der Waals surface area contributed by atoms with Crippen LogP contribution in [0.15, 0.2) is 34.1 Å². The Morgan fingerprint density at radius 2 is 2.46 bits per heavy atom. The first-order valence-electron chi connectivity index (χ1n) is 8.71. The SMILES string of the molecule is CCC(C)NC(=NCCc1ccco1)NC1CCc2ncnn2C1. The Kier molecular flexibility index (Phi) is 5.51. The highest BCUT2D eigenvalue weighted by molar-refractivity contribution is 5.80. The maximum atomic E-state index is 5.37. The van der Waals surface area contributed by atoms with Gasteiger partial charge >= 0.3 is 0 Å². The first-order chi connectivity index (χ1) is 11.7. The minimum atomic E-state index is 0.318. The molecule has 1 aliphatic heterocycles. The number of rotatable bonds is 6. The molecule has 0 bridgehead atoms. The summed E-state index contributed by atoms with van der Waals surface area (Å²) in [7, 11) is 0. The summed E-state index contributed by atoms with van der Waals surface area (Å²) in [4.78, 5) is 8.99. The van der Waals surface area contributed by atoms with Crippen LogP contribution in [0.2, 0.25) is 0 Å². The minimum Gasteiger partial charge on any atom is -0.469 e. The van der Waals surface area contributed by atoms with Gasteiger partial charge in [-0.1, -0.05) is 6.92 Å². The van der Waals surface area contributed by atoms with Crippen molar-refractivity contribution in [3.8, 4) is 0 Å². The van der Waals surface area contributed by atoms with Crippen LogP contribution in [0.3, 0.4) is 0 Å². The van der Waals surface area contributed by atoms with Crippen LogP contribution in [-0.2, 0) is 19.4 Å². The van der Waals surface area contributed by atoms with Gasteiger partial charge in [0.25, 0.3) is 0 Å². The van der Waals surface area contributed by atoms with Gasteiger partial charge in [-0.15, -0.1) is 0 Å². The van der Waals surface area contributed by atoms with Crippen molar-refractivity contribution in [1.29, 1.82) is 0 Å². The van der Waals surface area contributed by atoms with Crippen molar-refractivity contribution < 1.29 is 4.42 Å². The molecule has 0 fully saturated rings. The van der Waals surface area contributed by atoms with Crippen LogP contribution in [-0.4, -0.2) is 39.4 Å². The summed E-state index contributed by atoms with van der Waals surface area (Å²) in [5, 5.41) is 11.3. The number of nitrogens with one attached hydrogen (secondary N) is 2. The zero-order valence-electron chi connectivity index (χ0n) is 14.4. The molecule has 0 aromatic carbocycles. The Balaban J connectivity index is 1.59. The molecule has 24 heavy (non-hydrogen) atoms. The summed E-state index contributed by atoms with van der Waals surface area (Å²) >= 11 is 0. The first-order valence-corrected chi connectivity index (χ1v) is 8.71. The van der Waals surface area contributed by atoms with Crippen molar-refractivity contribution in [3.05, 3.63) is 36.3 Å². The Hall–Kier alpha value is -2.31. The Labute approximate surface area is 142 Å². The number of hydrogen-bond donors (Lipinski definition) is 2. The van der Waals surface area contributed by atoms with Gasteiger partial charge < -0.3 is 15.1 Å². The number of hydrogen-bond acceptors (Lipinski definition) is 4. The predicted molar refractivity (Wildman–Crippen MR) is 92.9 cm³/mol. The molecular weight excluding hydrogens is 304 g/mol. The van der Waals surface area contributed by atoms with E-state index >= 15 is 0 Å². The second kappa shape index (κ2) is 7.99. The second-order valence-corrected chi connectivity index (χ2v) is 6.25.